The molecular formula is C13H19N5. The van der Waals surface area contributed by atoms with Gasteiger partial charge in [0.2, 0.25) is 0 Å². The largest absolute Gasteiger partial charge is 0.398 e. The van der Waals surface area contributed by atoms with Crippen molar-refractivity contribution in [3.05, 3.63) is 23.8 Å². The number of nitrogens with zero attached hydrogens (tertiary/aromatic N) is 4. The van der Waals surface area contributed by atoms with Crippen molar-refractivity contribution in [2.24, 2.45) is 5.92 Å². The molecular weight excluding hydrogens is 226 g/mol. The van der Waals surface area contributed by atoms with E-state index in [0.29, 0.717) is 11.6 Å². The molecule has 18 heavy (non-hydrogen) atoms. The summed E-state index contributed by atoms with van der Waals surface area (Å²) in [6, 6.07) is 5.91. The normalized spacial score (nSPS) is 12.6. The number of nitrogens with two attached hydrogens (primary N) is 1. The number of hydrogen-bond acceptors (Lipinski definition) is 4. The van der Waals surface area contributed by atoms with Crippen molar-refractivity contribution in [1.82, 2.24) is 20.2 Å². The number of aromatic nitrogens is 4. The van der Waals surface area contributed by atoms with Gasteiger partial charge in [-0.15, -0.1) is 5.10 Å². The lowest BCUT2D eigenvalue weighted by Gasteiger charge is -2.11. The van der Waals surface area contributed by atoms with Crippen LogP contribution >= 0.6 is 0 Å². The van der Waals surface area contributed by atoms with E-state index in [2.05, 4.69) is 29.4 Å². The fourth-order valence-electron chi connectivity index (χ4n) is 1.81. The first kappa shape index (κ1) is 12.5. The summed E-state index contributed by atoms with van der Waals surface area (Å²) in [6.07, 6.45) is 1.10. The lowest BCUT2D eigenvalue weighted by Crippen LogP contribution is -2.10. The molecule has 0 aliphatic heterocycles. The summed E-state index contributed by atoms with van der Waals surface area (Å²) < 4.78 is 1.83. The van der Waals surface area contributed by atoms with Gasteiger partial charge < -0.3 is 5.73 Å². The molecule has 0 spiro atoms. The summed E-state index contributed by atoms with van der Waals surface area (Å²) in [5, 5.41) is 11.9. The number of anilines is 1. The first-order chi connectivity index (χ1) is 8.61. The molecule has 2 aromatic rings. The lowest BCUT2D eigenvalue weighted by molar-refractivity contribution is 0.434. The van der Waals surface area contributed by atoms with Crippen LogP contribution in [-0.4, -0.2) is 20.2 Å². The van der Waals surface area contributed by atoms with Crippen LogP contribution in [0.3, 0.4) is 0 Å². The van der Waals surface area contributed by atoms with E-state index in [1.807, 2.05) is 29.8 Å². The van der Waals surface area contributed by atoms with E-state index >= 15 is 0 Å². The maximum atomic E-state index is 6.00. The second-order valence-corrected chi connectivity index (χ2v) is 4.79. The van der Waals surface area contributed by atoms with Crippen LogP contribution in [0.5, 0.6) is 0 Å². The molecule has 1 aromatic carbocycles. The zero-order valence-corrected chi connectivity index (χ0v) is 11.1. The van der Waals surface area contributed by atoms with Crippen molar-refractivity contribution >= 4 is 5.69 Å². The van der Waals surface area contributed by atoms with Crippen LogP contribution in [0.2, 0.25) is 0 Å². The minimum atomic E-state index is 0.540. The Hall–Kier alpha value is -1.91. The third kappa shape index (κ3) is 2.50. The van der Waals surface area contributed by atoms with E-state index in [0.717, 1.165) is 29.9 Å². The van der Waals surface area contributed by atoms with E-state index in [9.17, 15) is 0 Å². The molecule has 1 heterocycles. The highest BCUT2D eigenvalue weighted by molar-refractivity contribution is 5.71. The molecule has 0 aliphatic carbocycles. The average molecular weight is 245 g/mol. The number of aryl methyl sites for hydroxylation is 1. The minimum absolute atomic E-state index is 0.540. The highest BCUT2D eigenvalue weighted by Crippen LogP contribution is 2.25. The Labute approximate surface area is 107 Å². The van der Waals surface area contributed by atoms with Crippen LogP contribution < -0.4 is 5.73 Å². The number of tetrazole rings is 1. The van der Waals surface area contributed by atoms with Crippen molar-refractivity contribution in [2.45, 2.75) is 33.7 Å². The molecule has 5 heteroatoms. The second-order valence-electron chi connectivity index (χ2n) is 4.79. The zero-order valence-electron chi connectivity index (χ0n) is 11.1. The number of nitrogen functional groups attached to an aromatic ring is 1. The van der Waals surface area contributed by atoms with Crippen molar-refractivity contribution in [1.29, 1.82) is 0 Å². The SMILES string of the molecule is CCC(C)Cn1nnnc1-c1cc(C)ccc1N. The first-order valence-corrected chi connectivity index (χ1v) is 6.24. The summed E-state index contributed by atoms with van der Waals surface area (Å²) in [5.41, 5.74) is 8.77. The Morgan fingerprint density at radius 1 is 1.39 bits per heavy atom. The topological polar surface area (TPSA) is 69.6 Å². The monoisotopic (exact) mass is 245 g/mol. The van der Waals surface area contributed by atoms with Crippen LogP contribution in [0.15, 0.2) is 18.2 Å². The second kappa shape index (κ2) is 5.16. The molecule has 0 fully saturated rings. The third-order valence-corrected chi connectivity index (χ3v) is 3.16. The predicted molar refractivity (Wildman–Crippen MR) is 71.9 cm³/mol. The highest BCUT2D eigenvalue weighted by Gasteiger charge is 2.13. The standard InChI is InChI=1S/C13H19N5/c1-4-9(2)8-18-13(15-16-17-18)11-7-10(3)5-6-12(11)14/h5-7,9H,4,8,14H2,1-3H3. The molecule has 0 radical (unpaired) electrons. The average Bonchev–Trinajstić information content (AvgIpc) is 2.80. The van der Waals surface area contributed by atoms with Crippen molar-refractivity contribution < 1.29 is 0 Å². The van der Waals surface area contributed by atoms with Crippen LogP contribution in [0.4, 0.5) is 5.69 Å². The van der Waals surface area contributed by atoms with Crippen molar-refractivity contribution in [2.75, 3.05) is 5.73 Å². The highest BCUT2D eigenvalue weighted by atomic mass is 15.5. The number of benzene rings is 1. The van der Waals surface area contributed by atoms with E-state index in [1.165, 1.54) is 0 Å². The minimum Gasteiger partial charge on any atom is -0.398 e. The van der Waals surface area contributed by atoms with Gasteiger partial charge in [0.25, 0.3) is 0 Å². The van der Waals surface area contributed by atoms with Gasteiger partial charge in [0.05, 0.1) is 0 Å². The molecule has 1 unspecified atom stereocenters. The van der Waals surface area contributed by atoms with Crippen LogP contribution in [0.1, 0.15) is 25.8 Å². The van der Waals surface area contributed by atoms with Crippen LogP contribution in [-0.2, 0) is 6.54 Å². The Morgan fingerprint density at radius 2 is 2.17 bits per heavy atom. The Kier molecular flexibility index (Phi) is 3.60. The molecule has 0 aliphatic rings. The van der Waals surface area contributed by atoms with E-state index in [-0.39, 0.29) is 0 Å². The number of rotatable bonds is 4. The first-order valence-electron chi connectivity index (χ1n) is 6.24. The molecule has 2 rings (SSSR count). The molecule has 96 valence electrons. The molecule has 0 bridgehead atoms. The van der Waals surface area contributed by atoms with Gasteiger partial charge in [-0.05, 0) is 35.4 Å². The third-order valence-electron chi connectivity index (χ3n) is 3.16. The quantitative estimate of drug-likeness (QED) is 0.839. The zero-order chi connectivity index (χ0) is 13.1. The van der Waals surface area contributed by atoms with Gasteiger partial charge in [-0.1, -0.05) is 31.9 Å². The smallest absolute Gasteiger partial charge is 0.184 e. The maximum absolute atomic E-state index is 6.00. The number of hydrogen-bond donors (Lipinski definition) is 1. The molecule has 0 saturated heterocycles. The van der Waals surface area contributed by atoms with E-state index in [1.54, 1.807) is 0 Å². The molecule has 1 atom stereocenters. The van der Waals surface area contributed by atoms with Crippen LogP contribution in [0, 0.1) is 12.8 Å². The Balaban J connectivity index is 2.39. The molecule has 0 saturated carbocycles. The summed E-state index contributed by atoms with van der Waals surface area (Å²) in [4.78, 5) is 0. The fraction of sp³-hybridized carbons (Fsp3) is 0.462. The fourth-order valence-corrected chi connectivity index (χ4v) is 1.81. The van der Waals surface area contributed by atoms with E-state index < -0.39 is 0 Å². The van der Waals surface area contributed by atoms with E-state index in [4.69, 9.17) is 5.73 Å². The maximum Gasteiger partial charge on any atom is 0.184 e. The van der Waals surface area contributed by atoms with Gasteiger partial charge in [0.1, 0.15) is 0 Å². The summed E-state index contributed by atoms with van der Waals surface area (Å²) >= 11 is 0. The van der Waals surface area contributed by atoms with Gasteiger partial charge in [-0.2, -0.15) is 0 Å². The molecule has 0 amide bonds. The van der Waals surface area contributed by atoms with Crippen molar-refractivity contribution in [3.8, 4) is 11.4 Å². The van der Waals surface area contributed by atoms with Crippen LogP contribution in [0.25, 0.3) is 11.4 Å². The Bertz CT molecular complexity index is 532. The lowest BCUT2D eigenvalue weighted by atomic mass is 10.1. The van der Waals surface area contributed by atoms with Gasteiger partial charge in [-0.3, -0.25) is 0 Å². The van der Waals surface area contributed by atoms with Crippen molar-refractivity contribution in [3.63, 3.8) is 0 Å². The van der Waals surface area contributed by atoms with Gasteiger partial charge in [0.15, 0.2) is 5.82 Å². The predicted octanol–water partition coefficient (Wildman–Crippen LogP) is 2.28. The van der Waals surface area contributed by atoms with Gasteiger partial charge >= 0.3 is 0 Å². The summed E-state index contributed by atoms with van der Waals surface area (Å²) in [6.45, 7) is 7.19. The van der Waals surface area contributed by atoms with Gasteiger partial charge in [-0.25, -0.2) is 4.68 Å². The summed E-state index contributed by atoms with van der Waals surface area (Å²) in [7, 11) is 0. The molecule has 2 N–H and O–H groups in total. The molecule has 5 nitrogen and oxygen atoms in total. The summed E-state index contributed by atoms with van der Waals surface area (Å²) in [5.74, 6) is 1.29. The molecule has 1 aromatic heterocycles. The van der Waals surface area contributed by atoms with Gasteiger partial charge in [0, 0.05) is 17.8 Å². The Morgan fingerprint density at radius 3 is 2.89 bits per heavy atom.